The highest BCUT2D eigenvalue weighted by molar-refractivity contribution is 5.93. The maximum absolute atomic E-state index is 13.1. The fraction of sp³-hybridized carbons (Fsp3) is 0.476. The third-order valence-corrected chi connectivity index (χ3v) is 5.15. The van der Waals surface area contributed by atoms with Crippen LogP contribution in [-0.4, -0.2) is 33.4 Å². The van der Waals surface area contributed by atoms with Crippen LogP contribution in [0, 0.1) is 20.8 Å². The lowest BCUT2D eigenvalue weighted by Gasteiger charge is -2.35. The van der Waals surface area contributed by atoms with Gasteiger partial charge in [0.25, 0.3) is 5.91 Å². The second-order valence-corrected chi connectivity index (χ2v) is 7.17. The molecule has 1 saturated heterocycles. The first-order valence-electron chi connectivity index (χ1n) is 9.49. The Labute approximate surface area is 155 Å². The van der Waals surface area contributed by atoms with Crippen molar-refractivity contribution in [2.24, 2.45) is 0 Å². The lowest BCUT2D eigenvalue weighted by atomic mass is 9.99. The van der Waals surface area contributed by atoms with Gasteiger partial charge in [0.05, 0.1) is 0 Å². The zero-order valence-electron chi connectivity index (χ0n) is 16.2. The molecular formula is C21H28N4O. The molecule has 1 aromatic carbocycles. The van der Waals surface area contributed by atoms with Crippen molar-refractivity contribution in [2.75, 3.05) is 11.9 Å². The monoisotopic (exact) mass is 352 g/mol. The first kappa shape index (κ1) is 18.4. The number of benzene rings is 1. The summed E-state index contributed by atoms with van der Waals surface area (Å²) < 4.78 is 0. The zero-order chi connectivity index (χ0) is 18.7. The average Bonchev–Trinajstić information content (AvgIpc) is 2.64. The number of nitrogens with one attached hydrogen (secondary N) is 1. The van der Waals surface area contributed by atoms with E-state index in [1.807, 2.05) is 17.9 Å². The van der Waals surface area contributed by atoms with Gasteiger partial charge in [-0.15, -0.1) is 0 Å². The third-order valence-electron chi connectivity index (χ3n) is 5.15. The molecule has 0 radical (unpaired) electrons. The van der Waals surface area contributed by atoms with Crippen LogP contribution in [0.15, 0.2) is 24.3 Å². The molecule has 0 aliphatic carbocycles. The molecule has 0 spiro atoms. The van der Waals surface area contributed by atoms with Gasteiger partial charge in [-0.2, -0.15) is 0 Å². The number of aromatic nitrogens is 2. The minimum Gasteiger partial charge on any atom is -0.334 e. The summed E-state index contributed by atoms with van der Waals surface area (Å²) in [4.78, 5) is 24.1. The summed E-state index contributed by atoms with van der Waals surface area (Å²) in [6.07, 6.45) is 4.34. The van der Waals surface area contributed by atoms with Gasteiger partial charge in [-0.05, 0) is 63.6 Å². The highest BCUT2D eigenvalue weighted by Crippen LogP contribution is 2.24. The summed E-state index contributed by atoms with van der Waals surface area (Å²) in [5.74, 6) is 0.502. The average molecular weight is 352 g/mol. The van der Waals surface area contributed by atoms with Crippen molar-refractivity contribution in [3.05, 3.63) is 46.8 Å². The number of anilines is 2. The number of likely N-dealkylation sites (tertiary alicyclic amines) is 1. The lowest BCUT2D eigenvalue weighted by molar-refractivity contribution is 0.0602. The highest BCUT2D eigenvalue weighted by Gasteiger charge is 2.27. The number of nitrogens with zero attached hydrogens (tertiary/aromatic N) is 3. The molecule has 1 fully saturated rings. The molecule has 5 heteroatoms. The SMILES string of the molecule is CCC1CCCCN1C(=O)c1cc(C)nc(Nc2c(C)cccc2C)n1. The molecule has 1 aromatic heterocycles. The van der Waals surface area contributed by atoms with Crippen molar-refractivity contribution in [3.8, 4) is 0 Å². The summed E-state index contributed by atoms with van der Waals surface area (Å²) >= 11 is 0. The largest absolute Gasteiger partial charge is 0.334 e. The number of aryl methyl sites for hydroxylation is 3. The Morgan fingerprint density at radius 1 is 1.19 bits per heavy atom. The molecule has 1 aliphatic heterocycles. The number of hydrogen-bond donors (Lipinski definition) is 1. The maximum Gasteiger partial charge on any atom is 0.272 e. The summed E-state index contributed by atoms with van der Waals surface area (Å²) in [5.41, 5.74) is 4.53. The van der Waals surface area contributed by atoms with E-state index in [0.717, 1.165) is 48.3 Å². The van der Waals surface area contributed by atoms with Crippen LogP contribution in [0.1, 0.15) is 59.9 Å². The quantitative estimate of drug-likeness (QED) is 0.877. The van der Waals surface area contributed by atoms with Gasteiger partial charge >= 0.3 is 0 Å². The summed E-state index contributed by atoms with van der Waals surface area (Å²) in [6, 6.07) is 8.25. The van der Waals surface area contributed by atoms with E-state index in [1.165, 1.54) is 6.42 Å². The van der Waals surface area contributed by atoms with E-state index in [-0.39, 0.29) is 5.91 Å². The Morgan fingerprint density at radius 2 is 1.92 bits per heavy atom. The van der Waals surface area contributed by atoms with Crippen LogP contribution in [-0.2, 0) is 0 Å². The van der Waals surface area contributed by atoms with E-state index >= 15 is 0 Å². The lowest BCUT2D eigenvalue weighted by Crippen LogP contribution is -2.43. The molecule has 1 unspecified atom stereocenters. The van der Waals surface area contributed by atoms with Gasteiger partial charge in [-0.1, -0.05) is 25.1 Å². The molecule has 1 amide bonds. The Hall–Kier alpha value is -2.43. The number of para-hydroxylation sites is 1. The molecule has 0 bridgehead atoms. The van der Waals surface area contributed by atoms with Crippen LogP contribution in [0.2, 0.25) is 0 Å². The van der Waals surface area contributed by atoms with Gasteiger partial charge in [-0.25, -0.2) is 9.97 Å². The normalized spacial score (nSPS) is 17.2. The summed E-state index contributed by atoms with van der Waals surface area (Å²) in [5, 5.41) is 3.31. The van der Waals surface area contributed by atoms with Gasteiger partial charge in [0.15, 0.2) is 0 Å². The number of carbonyl (C=O) groups excluding carboxylic acids is 1. The Morgan fingerprint density at radius 3 is 2.62 bits per heavy atom. The molecule has 5 nitrogen and oxygen atoms in total. The van der Waals surface area contributed by atoms with Crippen LogP contribution in [0.5, 0.6) is 0 Å². The van der Waals surface area contributed by atoms with E-state index in [9.17, 15) is 4.79 Å². The van der Waals surface area contributed by atoms with E-state index in [4.69, 9.17) is 0 Å². The zero-order valence-corrected chi connectivity index (χ0v) is 16.2. The first-order chi connectivity index (χ1) is 12.5. The molecule has 1 N–H and O–H groups in total. The van der Waals surface area contributed by atoms with E-state index in [1.54, 1.807) is 6.07 Å². The summed E-state index contributed by atoms with van der Waals surface area (Å²) in [6.45, 7) is 8.98. The fourth-order valence-corrected chi connectivity index (χ4v) is 3.70. The van der Waals surface area contributed by atoms with Gasteiger partial charge in [-0.3, -0.25) is 4.79 Å². The van der Waals surface area contributed by atoms with Crippen molar-refractivity contribution < 1.29 is 4.79 Å². The first-order valence-corrected chi connectivity index (χ1v) is 9.49. The van der Waals surface area contributed by atoms with Crippen LogP contribution in [0.25, 0.3) is 0 Å². The number of amides is 1. The molecule has 1 aliphatic rings. The Bertz CT molecular complexity index is 782. The molecule has 2 aromatic rings. The van der Waals surface area contributed by atoms with E-state index < -0.39 is 0 Å². The third kappa shape index (κ3) is 3.87. The molecule has 1 atom stereocenters. The van der Waals surface area contributed by atoms with E-state index in [0.29, 0.717) is 17.7 Å². The van der Waals surface area contributed by atoms with Gasteiger partial charge in [0.1, 0.15) is 5.69 Å². The van der Waals surface area contributed by atoms with Crippen molar-refractivity contribution in [2.45, 2.75) is 59.4 Å². The smallest absolute Gasteiger partial charge is 0.272 e. The van der Waals surface area contributed by atoms with Crippen LogP contribution in [0.3, 0.4) is 0 Å². The number of hydrogen-bond acceptors (Lipinski definition) is 4. The van der Waals surface area contributed by atoms with E-state index in [2.05, 4.69) is 48.2 Å². The van der Waals surface area contributed by atoms with Crippen molar-refractivity contribution in [3.63, 3.8) is 0 Å². The molecule has 26 heavy (non-hydrogen) atoms. The van der Waals surface area contributed by atoms with Crippen molar-refractivity contribution in [1.82, 2.24) is 14.9 Å². The topological polar surface area (TPSA) is 58.1 Å². The minimum absolute atomic E-state index is 0.0200. The standard InChI is InChI=1S/C21H28N4O/c1-5-17-11-6-7-12-25(17)20(26)18-13-16(4)22-21(23-18)24-19-14(2)9-8-10-15(19)3/h8-10,13,17H,5-7,11-12H2,1-4H3,(H,22,23,24). The summed E-state index contributed by atoms with van der Waals surface area (Å²) in [7, 11) is 0. The van der Waals surface area contributed by atoms with Crippen molar-refractivity contribution >= 4 is 17.5 Å². The molecule has 2 heterocycles. The highest BCUT2D eigenvalue weighted by atomic mass is 16.2. The van der Waals surface area contributed by atoms with Crippen LogP contribution >= 0.6 is 0 Å². The number of rotatable bonds is 4. The maximum atomic E-state index is 13.1. The number of carbonyl (C=O) groups is 1. The van der Waals surface area contributed by atoms with Crippen LogP contribution in [0.4, 0.5) is 11.6 Å². The van der Waals surface area contributed by atoms with Gasteiger partial charge in [0.2, 0.25) is 5.95 Å². The second kappa shape index (κ2) is 7.85. The molecule has 3 rings (SSSR count). The fourth-order valence-electron chi connectivity index (χ4n) is 3.70. The predicted molar refractivity (Wildman–Crippen MR) is 105 cm³/mol. The van der Waals surface area contributed by atoms with Gasteiger partial charge < -0.3 is 10.2 Å². The van der Waals surface area contributed by atoms with Crippen LogP contribution < -0.4 is 5.32 Å². The molecule has 0 saturated carbocycles. The minimum atomic E-state index is 0.0200. The molecule has 138 valence electrons. The second-order valence-electron chi connectivity index (χ2n) is 7.17. The molecular weight excluding hydrogens is 324 g/mol. The predicted octanol–water partition coefficient (Wildman–Crippen LogP) is 4.55. The van der Waals surface area contributed by atoms with Gasteiger partial charge in [0, 0.05) is 24.0 Å². The Balaban J connectivity index is 1.89. The van der Waals surface area contributed by atoms with Crippen molar-refractivity contribution in [1.29, 1.82) is 0 Å². The Kier molecular flexibility index (Phi) is 5.55. The number of piperidine rings is 1.